The minimum atomic E-state index is -1.15. The molecule has 0 heterocycles. The van der Waals surface area contributed by atoms with Gasteiger partial charge in [-0.05, 0) is 22.9 Å². The Bertz CT molecular complexity index is 568. The number of aliphatic hydroxyl groups is 1. The van der Waals surface area contributed by atoms with Crippen LogP contribution in [0.15, 0.2) is 42.5 Å². The molecular weight excluding hydrogens is 228 g/mol. The summed E-state index contributed by atoms with van der Waals surface area (Å²) in [5.41, 5.74) is 6.02. The SMILES string of the molecule is CN(C(=O)C(O)CN)c1ccc2ccccc2c1. The summed E-state index contributed by atoms with van der Waals surface area (Å²) in [5, 5.41) is 11.6. The van der Waals surface area contributed by atoms with Crippen molar-refractivity contribution in [2.24, 2.45) is 5.73 Å². The lowest BCUT2D eigenvalue weighted by Crippen LogP contribution is -2.40. The van der Waals surface area contributed by atoms with Crippen LogP contribution in [0.25, 0.3) is 10.8 Å². The maximum absolute atomic E-state index is 11.8. The van der Waals surface area contributed by atoms with Crippen molar-refractivity contribution in [2.45, 2.75) is 6.10 Å². The highest BCUT2D eigenvalue weighted by Crippen LogP contribution is 2.21. The smallest absolute Gasteiger partial charge is 0.256 e. The molecule has 2 aromatic carbocycles. The van der Waals surface area contributed by atoms with Crippen molar-refractivity contribution < 1.29 is 9.90 Å². The van der Waals surface area contributed by atoms with E-state index in [2.05, 4.69) is 0 Å². The molecule has 94 valence electrons. The summed E-state index contributed by atoms with van der Waals surface area (Å²) in [6.07, 6.45) is -1.15. The second-order valence-electron chi connectivity index (χ2n) is 4.18. The maximum atomic E-state index is 11.8. The summed E-state index contributed by atoms with van der Waals surface area (Å²) < 4.78 is 0. The first kappa shape index (κ1) is 12.5. The van der Waals surface area contributed by atoms with Crippen LogP contribution in [0, 0.1) is 0 Å². The molecule has 0 spiro atoms. The highest BCUT2D eigenvalue weighted by atomic mass is 16.3. The summed E-state index contributed by atoms with van der Waals surface area (Å²) in [6, 6.07) is 13.6. The number of fused-ring (bicyclic) bond motifs is 1. The number of nitrogens with two attached hydrogens (primary N) is 1. The quantitative estimate of drug-likeness (QED) is 0.850. The Morgan fingerprint density at radius 3 is 2.61 bits per heavy atom. The minimum absolute atomic E-state index is 0.0727. The second kappa shape index (κ2) is 5.16. The van der Waals surface area contributed by atoms with Gasteiger partial charge in [-0.3, -0.25) is 4.79 Å². The predicted octanol–water partition coefficient (Wildman–Crippen LogP) is 1.12. The number of carbonyl (C=O) groups is 1. The number of benzene rings is 2. The van der Waals surface area contributed by atoms with Gasteiger partial charge in [0.05, 0.1) is 0 Å². The first-order valence-electron chi connectivity index (χ1n) is 5.78. The molecule has 4 nitrogen and oxygen atoms in total. The summed E-state index contributed by atoms with van der Waals surface area (Å²) >= 11 is 0. The molecule has 18 heavy (non-hydrogen) atoms. The van der Waals surface area contributed by atoms with E-state index in [0.717, 1.165) is 16.5 Å². The highest BCUT2D eigenvalue weighted by molar-refractivity contribution is 5.98. The van der Waals surface area contributed by atoms with Crippen molar-refractivity contribution >= 4 is 22.4 Å². The lowest BCUT2D eigenvalue weighted by Gasteiger charge is -2.20. The van der Waals surface area contributed by atoms with Gasteiger partial charge >= 0.3 is 0 Å². The third-order valence-corrected chi connectivity index (χ3v) is 2.96. The molecule has 0 aliphatic heterocycles. The number of aliphatic hydroxyl groups excluding tert-OH is 1. The zero-order valence-corrected chi connectivity index (χ0v) is 10.2. The maximum Gasteiger partial charge on any atom is 0.256 e. The van der Waals surface area contributed by atoms with E-state index in [0.29, 0.717) is 0 Å². The van der Waals surface area contributed by atoms with Crippen molar-refractivity contribution in [3.63, 3.8) is 0 Å². The van der Waals surface area contributed by atoms with Gasteiger partial charge in [-0.1, -0.05) is 30.3 Å². The molecule has 0 saturated heterocycles. The molecule has 0 aliphatic rings. The Morgan fingerprint density at radius 1 is 1.28 bits per heavy atom. The molecule has 1 atom stereocenters. The Hall–Kier alpha value is -1.91. The molecule has 1 unspecified atom stereocenters. The largest absolute Gasteiger partial charge is 0.382 e. The first-order chi connectivity index (χ1) is 8.63. The van der Waals surface area contributed by atoms with E-state index in [1.54, 1.807) is 7.05 Å². The number of carbonyl (C=O) groups excluding carboxylic acids is 1. The van der Waals surface area contributed by atoms with Crippen molar-refractivity contribution in [3.8, 4) is 0 Å². The Kier molecular flexibility index (Phi) is 3.60. The lowest BCUT2D eigenvalue weighted by atomic mass is 10.1. The summed E-state index contributed by atoms with van der Waals surface area (Å²) in [4.78, 5) is 13.2. The number of hydrogen-bond acceptors (Lipinski definition) is 3. The van der Waals surface area contributed by atoms with E-state index < -0.39 is 12.0 Å². The third-order valence-electron chi connectivity index (χ3n) is 2.96. The average molecular weight is 244 g/mol. The molecule has 2 rings (SSSR count). The van der Waals surface area contributed by atoms with Gasteiger partial charge in [0.15, 0.2) is 0 Å². The van der Waals surface area contributed by atoms with Gasteiger partial charge in [-0.15, -0.1) is 0 Å². The summed E-state index contributed by atoms with van der Waals surface area (Å²) in [6.45, 7) is -0.0727. The Labute approximate surface area is 106 Å². The van der Waals surface area contributed by atoms with Crippen LogP contribution in [0.5, 0.6) is 0 Å². The normalized spacial score (nSPS) is 12.4. The van der Waals surface area contributed by atoms with Gasteiger partial charge in [-0.2, -0.15) is 0 Å². The number of anilines is 1. The van der Waals surface area contributed by atoms with Crippen LogP contribution in [0.2, 0.25) is 0 Å². The van der Waals surface area contributed by atoms with Gasteiger partial charge in [0.1, 0.15) is 6.10 Å². The van der Waals surface area contributed by atoms with Crippen molar-refractivity contribution in [1.29, 1.82) is 0 Å². The zero-order chi connectivity index (χ0) is 13.1. The van der Waals surface area contributed by atoms with Gasteiger partial charge in [0, 0.05) is 19.3 Å². The van der Waals surface area contributed by atoms with Gasteiger partial charge in [-0.25, -0.2) is 0 Å². The Morgan fingerprint density at radius 2 is 1.94 bits per heavy atom. The minimum Gasteiger partial charge on any atom is -0.382 e. The van der Waals surface area contributed by atoms with E-state index >= 15 is 0 Å². The second-order valence-corrected chi connectivity index (χ2v) is 4.18. The van der Waals surface area contributed by atoms with Crippen LogP contribution in [-0.4, -0.2) is 30.7 Å². The molecule has 1 amide bonds. The van der Waals surface area contributed by atoms with E-state index in [1.807, 2.05) is 42.5 Å². The molecule has 4 heteroatoms. The van der Waals surface area contributed by atoms with Crippen LogP contribution < -0.4 is 10.6 Å². The molecule has 2 aromatic rings. The van der Waals surface area contributed by atoms with Crippen LogP contribution >= 0.6 is 0 Å². The molecule has 0 aromatic heterocycles. The van der Waals surface area contributed by atoms with Crippen LogP contribution in [0.4, 0.5) is 5.69 Å². The first-order valence-corrected chi connectivity index (χ1v) is 5.78. The number of hydrogen-bond donors (Lipinski definition) is 2. The van der Waals surface area contributed by atoms with Crippen molar-refractivity contribution in [3.05, 3.63) is 42.5 Å². The van der Waals surface area contributed by atoms with Crippen molar-refractivity contribution in [1.82, 2.24) is 0 Å². The van der Waals surface area contributed by atoms with Gasteiger partial charge < -0.3 is 15.7 Å². The van der Waals surface area contributed by atoms with E-state index in [9.17, 15) is 9.90 Å². The number of amides is 1. The molecule has 0 fully saturated rings. The predicted molar refractivity (Wildman–Crippen MR) is 72.4 cm³/mol. The third kappa shape index (κ3) is 2.34. The summed E-state index contributed by atoms with van der Waals surface area (Å²) in [7, 11) is 1.63. The number of likely N-dealkylation sites (N-methyl/N-ethyl adjacent to an activating group) is 1. The van der Waals surface area contributed by atoms with Crippen molar-refractivity contribution in [2.75, 3.05) is 18.5 Å². The molecule has 0 aliphatic carbocycles. The van der Waals surface area contributed by atoms with Crippen LogP contribution in [-0.2, 0) is 4.79 Å². The zero-order valence-electron chi connectivity index (χ0n) is 10.2. The fraction of sp³-hybridized carbons (Fsp3) is 0.214. The number of nitrogens with zero attached hydrogens (tertiary/aromatic N) is 1. The topological polar surface area (TPSA) is 66.6 Å². The van der Waals surface area contributed by atoms with Gasteiger partial charge in [0.25, 0.3) is 5.91 Å². The molecule has 0 radical (unpaired) electrons. The molecule has 0 saturated carbocycles. The van der Waals surface area contributed by atoms with E-state index in [1.165, 1.54) is 4.90 Å². The molecular formula is C14H16N2O2. The molecule has 3 N–H and O–H groups in total. The Balaban J connectivity index is 2.33. The lowest BCUT2D eigenvalue weighted by molar-refractivity contribution is -0.125. The number of rotatable bonds is 3. The van der Waals surface area contributed by atoms with Gasteiger partial charge in [0.2, 0.25) is 0 Å². The van der Waals surface area contributed by atoms with Crippen LogP contribution in [0.1, 0.15) is 0 Å². The summed E-state index contributed by atoms with van der Waals surface area (Å²) in [5.74, 6) is -0.396. The fourth-order valence-electron chi connectivity index (χ4n) is 1.84. The fourth-order valence-corrected chi connectivity index (χ4v) is 1.84. The van der Waals surface area contributed by atoms with E-state index in [4.69, 9.17) is 5.73 Å². The highest BCUT2D eigenvalue weighted by Gasteiger charge is 2.18. The standard InChI is InChI=1S/C14H16N2O2/c1-16(14(18)13(17)9-15)12-7-6-10-4-2-3-5-11(10)8-12/h2-8,13,17H,9,15H2,1H3. The molecule has 0 bridgehead atoms. The average Bonchev–Trinajstić information content (AvgIpc) is 2.44. The monoisotopic (exact) mass is 244 g/mol. The van der Waals surface area contributed by atoms with E-state index in [-0.39, 0.29) is 6.54 Å². The van der Waals surface area contributed by atoms with Crippen LogP contribution in [0.3, 0.4) is 0 Å².